The van der Waals surface area contributed by atoms with E-state index in [0.717, 1.165) is 32.1 Å². The second-order valence-electron chi connectivity index (χ2n) is 25.3. The van der Waals surface area contributed by atoms with Gasteiger partial charge in [0.2, 0.25) is 0 Å². The van der Waals surface area contributed by atoms with E-state index in [-0.39, 0.29) is 25.6 Å². The average Bonchev–Trinajstić information content (AvgIpc) is 3.42. The van der Waals surface area contributed by atoms with E-state index < -0.39 is 26.5 Å². The van der Waals surface area contributed by atoms with Crippen molar-refractivity contribution in [2.24, 2.45) is 0 Å². The molecule has 0 bridgehead atoms. The molecule has 0 aliphatic carbocycles. The third kappa shape index (κ3) is 65.6. The fourth-order valence-electron chi connectivity index (χ4n) is 10.5. The predicted molar refractivity (Wildman–Crippen MR) is 344 cm³/mol. The van der Waals surface area contributed by atoms with Crippen molar-refractivity contribution in [1.29, 1.82) is 0 Å². The van der Waals surface area contributed by atoms with E-state index in [9.17, 15) is 19.0 Å². The molecule has 0 aliphatic rings. The fourth-order valence-corrected chi connectivity index (χ4v) is 11.3. The molecule has 0 saturated heterocycles. The van der Waals surface area contributed by atoms with E-state index in [1.54, 1.807) is 0 Å². The SMILES string of the molecule is CCCCCCCCCC/C=C\CCCCCCCCCCCCCCCCCCCCCC(=O)OC(COC(=O)CCCCCCCCCCCCCCC/C=C\CCCCCCCCCC)COP(=O)(O)OCC[N+](C)(C)C. The lowest BCUT2D eigenvalue weighted by molar-refractivity contribution is -0.870. The first-order chi connectivity index (χ1) is 39.0. The van der Waals surface area contributed by atoms with Gasteiger partial charge in [0.25, 0.3) is 0 Å². The molecule has 474 valence electrons. The molecule has 2 unspecified atom stereocenters. The highest BCUT2D eigenvalue weighted by Crippen LogP contribution is 2.43. The van der Waals surface area contributed by atoms with Gasteiger partial charge in [0, 0.05) is 12.8 Å². The molecule has 0 fully saturated rings. The Morgan fingerprint density at radius 1 is 0.375 bits per heavy atom. The summed E-state index contributed by atoms with van der Waals surface area (Å²) in [5.41, 5.74) is 0. The summed E-state index contributed by atoms with van der Waals surface area (Å²) < 4.78 is 34.7. The van der Waals surface area contributed by atoms with Crippen LogP contribution in [-0.4, -0.2) is 74.9 Å². The number of esters is 2. The molecule has 0 rings (SSSR count). The zero-order valence-electron chi connectivity index (χ0n) is 54.1. The third-order valence-electron chi connectivity index (χ3n) is 16.0. The van der Waals surface area contributed by atoms with Crippen LogP contribution in [0.1, 0.15) is 361 Å². The lowest BCUT2D eigenvalue weighted by atomic mass is 10.0. The average molecular weight is 1150 g/mol. The van der Waals surface area contributed by atoms with Crippen LogP contribution in [-0.2, 0) is 32.7 Å². The Bertz CT molecular complexity index is 1400. The van der Waals surface area contributed by atoms with Gasteiger partial charge in [0.05, 0.1) is 27.7 Å². The van der Waals surface area contributed by atoms with Gasteiger partial charge in [-0.3, -0.25) is 18.6 Å². The first-order valence-corrected chi connectivity index (χ1v) is 36.6. The standard InChI is InChI=1S/C70H136NO8P/c1-6-8-10-12-14-16-18-20-22-24-26-28-30-32-33-34-35-36-37-39-41-43-45-47-49-51-53-55-57-59-61-63-70(73)79-68(67-78-80(74,75)77-65-64-71(3,4)5)66-76-69(72)62-60-58-56-54-52-50-48-46-44-42-40-38-31-29-27-25-23-21-19-17-15-13-11-9-7-2/h24-27,68H,6-23,28-67H2,1-5H3/p+1/b26-24-,27-25-. The number of hydrogen-bond donors (Lipinski definition) is 1. The second-order valence-corrected chi connectivity index (χ2v) is 26.7. The van der Waals surface area contributed by atoms with Crippen LogP contribution < -0.4 is 0 Å². The Balaban J connectivity index is 3.99. The number of phosphoric acid groups is 1. The lowest BCUT2D eigenvalue weighted by Gasteiger charge is -2.24. The number of quaternary nitrogens is 1. The maximum absolute atomic E-state index is 12.9. The van der Waals surface area contributed by atoms with Gasteiger partial charge in [-0.2, -0.15) is 0 Å². The molecule has 0 spiro atoms. The van der Waals surface area contributed by atoms with Crippen molar-refractivity contribution in [2.75, 3.05) is 47.5 Å². The minimum atomic E-state index is -4.39. The number of rotatable bonds is 66. The number of ether oxygens (including phenoxy) is 2. The van der Waals surface area contributed by atoms with Crippen LogP contribution in [0, 0.1) is 0 Å². The number of phosphoric ester groups is 1. The van der Waals surface area contributed by atoms with Crippen LogP contribution >= 0.6 is 7.82 Å². The van der Waals surface area contributed by atoms with E-state index in [0.29, 0.717) is 23.9 Å². The summed E-state index contributed by atoms with van der Waals surface area (Å²) in [6, 6.07) is 0. The van der Waals surface area contributed by atoms with E-state index in [4.69, 9.17) is 18.5 Å². The van der Waals surface area contributed by atoms with Crippen LogP contribution in [0.2, 0.25) is 0 Å². The Kier molecular flexibility index (Phi) is 60.9. The monoisotopic (exact) mass is 1150 g/mol. The molecule has 0 amide bonds. The predicted octanol–water partition coefficient (Wildman–Crippen LogP) is 22.5. The number of carbonyl (C=O) groups excluding carboxylic acids is 2. The summed E-state index contributed by atoms with van der Waals surface area (Å²) in [5.74, 6) is -0.775. The molecule has 0 heterocycles. The first kappa shape index (κ1) is 78.5. The van der Waals surface area contributed by atoms with Gasteiger partial charge in [-0.05, 0) is 64.2 Å². The van der Waals surface area contributed by atoms with Crippen LogP contribution in [0.3, 0.4) is 0 Å². The van der Waals surface area contributed by atoms with Crippen molar-refractivity contribution in [1.82, 2.24) is 0 Å². The van der Waals surface area contributed by atoms with Gasteiger partial charge < -0.3 is 18.9 Å². The lowest BCUT2D eigenvalue weighted by Crippen LogP contribution is -2.37. The van der Waals surface area contributed by atoms with Gasteiger partial charge in [-0.15, -0.1) is 0 Å². The molecule has 10 heteroatoms. The maximum atomic E-state index is 12.9. The van der Waals surface area contributed by atoms with Crippen molar-refractivity contribution in [2.45, 2.75) is 367 Å². The summed E-state index contributed by atoms with van der Waals surface area (Å²) in [6.45, 7) is 4.51. The van der Waals surface area contributed by atoms with Crippen LogP contribution in [0.4, 0.5) is 0 Å². The van der Waals surface area contributed by atoms with Crippen molar-refractivity contribution >= 4 is 19.8 Å². The first-order valence-electron chi connectivity index (χ1n) is 35.1. The summed E-state index contributed by atoms with van der Waals surface area (Å²) in [5, 5.41) is 0. The molecule has 1 N–H and O–H groups in total. The van der Waals surface area contributed by atoms with E-state index in [1.807, 2.05) is 21.1 Å². The largest absolute Gasteiger partial charge is 0.472 e. The van der Waals surface area contributed by atoms with Crippen LogP contribution in [0.15, 0.2) is 24.3 Å². The van der Waals surface area contributed by atoms with E-state index in [1.165, 1.54) is 295 Å². The number of carbonyl (C=O) groups is 2. The number of hydrogen-bond acceptors (Lipinski definition) is 7. The van der Waals surface area contributed by atoms with Crippen LogP contribution in [0.5, 0.6) is 0 Å². The molecule has 0 aromatic heterocycles. The van der Waals surface area contributed by atoms with Crippen LogP contribution in [0.25, 0.3) is 0 Å². The molecule has 80 heavy (non-hydrogen) atoms. The molecule has 0 aliphatic heterocycles. The summed E-state index contributed by atoms with van der Waals surface area (Å²) in [6.07, 6.45) is 77.2. The minimum Gasteiger partial charge on any atom is -0.462 e. The minimum absolute atomic E-state index is 0.0351. The number of unbranched alkanes of at least 4 members (excludes halogenated alkanes) is 48. The molecule has 9 nitrogen and oxygen atoms in total. The zero-order valence-corrected chi connectivity index (χ0v) is 55.0. The number of allylic oxidation sites excluding steroid dienone is 4. The van der Waals surface area contributed by atoms with Crippen molar-refractivity contribution in [3.05, 3.63) is 24.3 Å². The number of likely N-dealkylation sites (N-methyl/N-ethyl adjacent to an activating group) is 1. The quantitative estimate of drug-likeness (QED) is 0.0211. The van der Waals surface area contributed by atoms with Gasteiger partial charge in [-0.1, -0.05) is 308 Å². The summed E-state index contributed by atoms with van der Waals surface area (Å²) >= 11 is 0. The summed E-state index contributed by atoms with van der Waals surface area (Å²) in [4.78, 5) is 35.9. The Morgan fingerprint density at radius 2 is 0.637 bits per heavy atom. The molecule has 2 atom stereocenters. The smallest absolute Gasteiger partial charge is 0.462 e. The zero-order chi connectivity index (χ0) is 58.4. The highest BCUT2D eigenvalue weighted by Gasteiger charge is 2.27. The van der Waals surface area contributed by atoms with Crippen molar-refractivity contribution in [3.8, 4) is 0 Å². The molecule has 0 aromatic carbocycles. The Labute approximate surface area is 498 Å². The third-order valence-corrected chi connectivity index (χ3v) is 16.9. The van der Waals surface area contributed by atoms with Gasteiger partial charge >= 0.3 is 19.8 Å². The fraction of sp³-hybridized carbons (Fsp3) is 0.914. The summed E-state index contributed by atoms with van der Waals surface area (Å²) in [7, 11) is 1.50. The van der Waals surface area contributed by atoms with Crippen molar-refractivity contribution in [3.63, 3.8) is 0 Å². The second kappa shape index (κ2) is 62.0. The molecular weight excluding hydrogens is 1010 g/mol. The topological polar surface area (TPSA) is 108 Å². The molecule has 0 aromatic rings. The van der Waals surface area contributed by atoms with Gasteiger partial charge in [0.15, 0.2) is 6.10 Å². The molecule has 0 saturated carbocycles. The maximum Gasteiger partial charge on any atom is 0.472 e. The van der Waals surface area contributed by atoms with Crippen molar-refractivity contribution < 1.29 is 42.1 Å². The van der Waals surface area contributed by atoms with Gasteiger partial charge in [-0.25, -0.2) is 4.57 Å². The van der Waals surface area contributed by atoms with Gasteiger partial charge in [0.1, 0.15) is 19.8 Å². The highest BCUT2D eigenvalue weighted by molar-refractivity contribution is 7.47. The van der Waals surface area contributed by atoms with E-state index in [2.05, 4.69) is 38.2 Å². The molecular formula is C70H137NO8P+. The Hall–Kier alpha value is -1.51. The van der Waals surface area contributed by atoms with E-state index >= 15 is 0 Å². The number of nitrogens with zero attached hydrogens (tertiary/aromatic N) is 1. The highest BCUT2D eigenvalue weighted by atomic mass is 31.2. The molecule has 0 radical (unpaired) electrons. The Morgan fingerprint density at radius 3 is 0.925 bits per heavy atom. The normalized spacial score (nSPS) is 13.2.